The molecule has 1 heterocycles. The van der Waals surface area contributed by atoms with Gasteiger partial charge in [0.25, 0.3) is 0 Å². The van der Waals surface area contributed by atoms with Gasteiger partial charge in [0.05, 0.1) is 7.11 Å². The summed E-state index contributed by atoms with van der Waals surface area (Å²) in [6.45, 7) is 0. The quantitative estimate of drug-likeness (QED) is 0.911. The Morgan fingerprint density at radius 3 is 2.45 bits per heavy atom. The monoisotopic (exact) mass is 267 g/mol. The topological polar surface area (TPSA) is 21.3 Å². The summed E-state index contributed by atoms with van der Waals surface area (Å²) in [6, 6.07) is 20.2. The molecule has 20 heavy (non-hydrogen) atoms. The zero-order valence-electron chi connectivity index (χ0n) is 11.9. The molecule has 2 atom stereocenters. The highest BCUT2D eigenvalue weighted by Gasteiger charge is 2.24. The summed E-state index contributed by atoms with van der Waals surface area (Å²) in [7, 11) is 1.71. The van der Waals surface area contributed by atoms with Gasteiger partial charge < -0.3 is 10.1 Å². The van der Waals surface area contributed by atoms with Crippen molar-refractivity contribution in [2.45, 2.75) is 31.3 Å². The minimum atomic E-state index is 0.481. The second kappa shape index (κ2) is 6.10. The van der Waals surface area contributed by atoms with Gasteiger partial charge in [-0.3, -0.25) is 0 Å². The van der Waals surface area contributed by atoms with Gasteiger partial charge in [-0.05, 0) is 42.5 Å². The zero-order valence-corrected chi connectivity index (χ0v) is 11.9. The second-order valence-corrected chi connectivity index (χ2v) is 5.46. The summed E-state index contributed by atoms with van der Waals surface area (Å²) in [5.74, 6) is 0.924. The summed E-state index contributed by atoms with van der Waals surface area (Å²) < 4.78 is 5.21. The van der Waals surface area contributed by atoms with E-state index in [1.54, 1.807) is 7.11 Å². The second-order valence-electron chi connectivity index (χ2n) is 5.46. The molecule has 0 aromatic heterocycles. The van der Waals surface area contributed by atoms with E-state index >= 15 is 0 Å². The van der Waals surface area contributed by atoms with Crippen molar-refractivity contribution in [3.05, 3.63) is 65.7 Å². The molecule has 1 saturated heterocycles. The summed E-state index contributed by atoms with van der Waals surface area (Å²) >= 11 is 0. The molecule has 2 heteroatoms. The van der Waals surface area contributed by atoms with E-state index in [0.29, 0.717) is 12.1 Å². The lowest BCUT2D eigenvalue weighted by Gasteiger charge is -2.15. The van der Waals surface area contributed by atoms with Gasteiger partial charge in [-0.15, -0.1) is 0 Å². The Morgan fingerprint density at radius 2 is 1.75 bits per heavy atom. The summed E-state index contributed by atoms with van der Waals surface area (Å²) in [4.78, 5) is 0. The van der Waals surface area contributed by atoms with Crippen molar-refractivity contribution < 1.29 is 4.74 Å². The molecule has 3 rings (SSSR count). The minimum absolute atomic E-state index is 0.481. The molecule has 0 amide bonds. The molecule has 104 valence electrons. The SMILES string of the molecule is COc1ccc(C2CCC(Cc3ccccc3)N2)cc1. The molecule has 0 saturated carbocycles. The largest absolute Gasteiger partial charge is 0.497 e. The maximum absolute atomic E-state index is 5.21. The van der Waals surface area contributed by atoms with Crippen LogP contribution in [0.1, 0.15) is 30.0 Å². The van der Waals surface area contributed by atoms with Gasteiger partial charge in [-0.1, -0.05) is 42.5 Å². The van der Waals surface area contributed by atoms with Gasteiger partial charge in [0, 0.05) is 12.1 Å². The van der Waals surface area contributed by atoms with Gasteiger partial charge in [0.1, 0.15) is 5.75 Å². The van der Waals surface area contributed by atoms with Crippen LogP contribution in [0.5, 0.6) is 5.75 Å². The third-order valence-electron chi connectivity index (χ3n) is 4.08. The molecular formula is C18H21NO. The smallest absolute Gasteiger partial charge is 0.118 e. The Hall–Kier alpha value is -1.80. The molecule has 2 aromatic carbocycles. The Kier molecular flexibility index (Phi) is 4.03. The van der Waals surface area contributed by atoms with Crippen molar-refractivity contribution >= 4 is 0 Å². The highest BCUT2D eigenvalue weighted by atomic mass is 16.5. The highest BCUT2D eigenvalue weighted by molar-refractivity contribution is 5.30. The fourth-order valence-electron chi connectivity index (χ4n) is 2.98. The standard InChI is InChI=1S/C18H21NO/c1-20-17-10-7-15(8-11-17)18-12-9-16(19-18)13-14-5-3-2-4-6-14/h2-8,10-11,16,18-19H,9,12-13H2,1H3. The average Bonchev–Trinajstić information content (AvgIpc) is 2.97. The van der Waals surface area contributed by atoms with Crippen molar-refractivity contribution in [2.75, 3.05) is 7.11 Å². The molecule has 2 nitrogen and oxygen atoms in total. The highest BCUT2D eigenvalue weighted by Crippen LogP contribution is 2.29. The molecule has 0 bridgehead atoms. The normalized spacial score (nSPS) is 21.9. The number of benzene rings is 2. The first kappa shape index (κ1) is 13.2. The van der Waals surface area contributed by atoms with E-state index in [2.05, 4.69) is 47.8 Å². The zero-order chi connectivity index (χ0) is 13.8. The summed E-state index contributed by atoms with van der Waals surface area (Å²) in [5, 5.41) is 3.75. The fourth-order valence-corrected chi connectivity index (χ4v) is 2.98. The van der Waals surface area contributed by atoms with Crippen LogP contribution in [0.2, 0.25) is 0 Å². The van der Waals surface area contributed by atoms with Crippen LogP contribution in [0, 0.1) is 0 Å². The van der Waals surface area contributed by atoms with E-state index in [0.717, 1.165) is 12.2 Å². The number of rotatable bonds is 4. The Morgan fingerprint density at radius 1 is 1.00 bits per heavy atom. The Bertz CT molecular complexity index is 535. The van der Waals surface area contributed by atoms with E-state index in [1.165, 1.54) is 24.0 Å². The van der Waals surface area contributed by atoms with Gasteiger partial charge in [0.2, 0.25) is 0 Å². The predicted molar refractivity (Wildman–Crippen MR) is 82.0 cm³/mol. The van der Waals surface area contributed by atoms with E-state index in [9.17, 15) is 0 Å². The van der Waals surface area contributed by atoms with Crippen molar-refractivity contribution in [2.24, 2.45) is 0 Å². The van der Waals surface area contributed by atoms with E-state index in [4.69, 9.17) is 4.74 Å². The lowest BCUT2D eigenvalue weighted by Crippen LogP contribution is -2.26. The van der Waals surface area contributed by atoms with Crippen LogP contribution in [0.15, 0.2) is 54.6 Å². The molecule has 1 N–H and O–H groups in total. The first-order valence-electron chi connectivity index (χ1n) is 7.29. The van der Waals surface area contributed by atoms with Crippen LogP contribution in [0.3, 0.4) is 0 Å². The molecule has 0 spiro atoms. The van der Waals surface area contributed by atoms with E-state index in [1.807, 2.05) is 12.1 Å². The first-order valence-corrected chi connectivity index (χ1v) is 7.29. The minimum Gasteiger partial charge on any atom is -0.497 e. The molecule has 0 radical (unpaired) electrons. The van der Waals surface area contributed by atoms with Gasteiger partial charge in [0.15, 0.2) is 0 Å². The van der Waals surface area contributed by atoms with Crippen molar-refractivity contribution in [3.8, 4) is 5.75 Å². The maximum atomic E-state index is 5.21. The predicted octanol–water partition coefficient (Wildman–Crippen LogP) is 3.73. The van der Waals surface area contributed by atoms with Crippen LogP contribution >= 0.6 is 0 Å². The Labute approximate surface area is 120 Å². The number of nitrogens with one attached hydrogen (secondary N) is 1. The van der Waals surface area contributed by atoms with Gasteiger partial charge in [-0.25, -0.2) is 0 Å². The Balaban J connectivity index is 1.61. The van der Waals surface area contributed by atoms with Crippen LogP contribution in [-0.4, -0.2) is 13.2 Å². The lowest BCUT2D eigenvalue weighted by molar-refractivity contribution is 0.414. The van der Waals surface area contributed by atoms with E-state index < -0.39 is 0 Å². The third-order valence-corrected chi connectivity index (χ3v) is 4.08. The van der Waals surface area contributed by atoms with Crippen molar-refractivity contribution in [1.82, 2.24) is 5.32 Å². The van der Waals surface area contributed by atoms with Crippen LogP contribution in [0.25, 0.3) is 0 Å². The number of ether oxygens (including phenoxy) is 1. The first-order chi connectivity index (χ1) is 9.85. The summed E-state index contributed by atoms with van der Waals surface area (Å²) in [6.07, 6.45) is 3.57. The number of hydrogen-bond donors (Lipinski definition) is 1. The van der Waals surface area contributed by atoms with Gasteiger partial charge >= 0.3 is 0 Å². The molecular weight excluding hydrogens is 246 g/mol. The number of methoxy groups -OCH3 is 1. The molecule has 1 fully saturated rings. The van der Waals surface area contributed by atoms with E-state index in [-0.39, 0.29) is 0 Å². The number of hydrogen-bond acceptors (Lipinski definition) is 2. The van der Waals surface area contributed by atoms with Crippen molar-refractivity contribution in [1.29, 1.82) is 0 Å². The average molecular weight is 267 g/mol. The van der Waals surface area contributed by atoms with Crippen LogP contribution in [0.4, 0.5) is 0 Å². The molecule has 1 aliphatic rings. The maximum Gasteiger partial charge on any atom is 0.118 e. The molecule has 0 aliphatic carbocycles. The third kappa shape index (κ3) is 3.02. The fraction of sp³-hybridized carbons (Fsp3) is 0.333. The lowest BCUT2D eigenvalue weighted by atomic mass is 10.0. The van der Waals surface area contributed by atoms with Crippen LogP contribution < -0.4 is 10.1 Å². The summed E-state index contributed by atoms with van der Waals surface area (Å²) in [5.41, 5.74) is 2.78. The van der Waals surface area contributed by atoms with Gasteiger partial charge in [-0.2, -0.15) is 0 Å². The van der Waals surface area contributed by atoms with Crippen molar-refractivity contribution in [3.63, 3.8) is 0 Å². The van der Waals surface area contributed by atoms with Crippen LogP contribution in [-0.2, 0) is 6.42 Å². The molecule has 2 aromatic rings. The molecule has 1 aliphatic heterocycles. The molecule has 2 unspecified atom stereocenters.